The van der Waals surface area contributed by atoms with Crippen LogP contribution in [-0.2, 0) is 22.6 Å². The van der Waals surface area contributed by atoms with Crippen molar-refractivity contribution in [3.05, 3.63) is 71.8 Å². The monoisotopic (exact) mass is 351 g/mol. The molecule has 0 fully saturated rings. The number of aliphatic hydroxyl groups is 1. The molecule has 0 aliphatic rings. The Balaban J connectivity index is 2.43. The van der Waals surface area contributed by atoms with Crippen molar-refractivity contribution in [2.45, 2.75) is 32.0 Å². The molecular weight excluding hydrogens is 326 g/mol. The predicted molar refractivity (Wildman–Crippen MR) is 102 cm³/mol. The second-order valence-electron chi connectivity index (χ2n) is 6.12. The fourth-order valence-electron chi connectivity index (χ4n) is 2.93. The third-order valence-corrected chi connectivity index (χ3v) is 4.35. The molecule has 26 heavy (non-hydrogen) atoms. The number of benzene rings is 2. The van der Waals surface area contributed by atoms with Crippen molar-refractivity contribution in [2.24, 2.45) is 0 Å². The minimum absolute atomic E-state index is 0.0714. The molecule has 4 heteroatoms. The summed E-state index contributed by atoms with van der Waals surface area (Å²) < 4.78 is 5.27. The average molecular weight is 351 g/mol. The Labute approximate surface area is 155 Å². The minimum atomic E-state index is -1.28. The zero-order valence-corrected chi connectivity index (χ0v) is 15.1. The van der Waals surface area contributed by atoms with Gasteiger partial charge in [-0.25, -0.2) is 4.79 Å². The van der Waals surface area contributed by atoms with Gasteiger partial charge in [0.25, 0.3) is 0 Å². The van der Waals surface area contributed by atoms with Gasteiger partial charge < -0.3 is 9.84 Å². The molecule has 4 nitrogen and oxygen atoms in total. The van der Waals surface area contributed by atoms with Crippen LogP contribution in [0.3, 0.4) is 0 Å². The molecular formula is C22H25NO3. The van der Waals surface area contributed by atoms with E-state index in [0.717, 1.165) is 11.1 Å². The van der Waals surface area contributed by atoms with Crippen LogP contribution in [0.15, 0.2) is 60.7 Å². The number of terminal acetylenes is 1. The van der Waals surface area contributed by atoms with Crippen LogP contribution < -0.4 is 0 Å². The van der Waals surface area contributed by atoms with E-state index in [1.807, 2.05) is 65.6 Å². The van der Waals surface area contributed by atoms with Crippen molar-refractivity contribution in [3.63, 3.8) is 0 Å². The summed E-state index contributed by atoms with van der Waals surface area (Å²) in [7, 11) is 0. The zero-order valence-electron chi connectivity index (χ0n) is 15.1. The lowest BCUT2D eigenvalue weighted by Crippen LogP contribution is -2.57. The van der Waals surface area contributed by atoms with Crippen molar-refractivity contribution in [1.82, 2.24) is 4.90 Å². The summed E-state index contributed by atoms with van der Waals surface area (Å²) in [6, 6.07) is 19.6. The van der Waals surface area contributed by atoms with E-state index in [2.05, 4.69) is 5.92 Å². The first-order valence-corrected chi connectivity index (χ1v) is 8.70. The van der Waals surface area contributed by atoms with Gasteiger partial charge in [0, 0.05) is 19.5 Å². The van der Waals surface area contributed by atoms with Gasteiger partial charge in [-0.3, -0.25) is 4.90 Å². The number of carbonyl (C=O) groups excluding carboxylic acids is 1. The maximum atomic E-state index is 12.8. The summed E-state index contributed by atoms with van der Waals surface area (Å²) in [5.41, 5.74) is 0.779. The molecule has 0 heterocycles. The molecule has 0 saturated carbocycles. The fraction of sp³-hybridized carbons (Fsp3) is 0.318. The summed E-state index contributed by atoms with van der Waals surface area (Å²) in [5.74, 6) is 2.06. The Bertz CT molecular complexity index is 683. The summed E-state index contributed by atoms with van der Waals surface area (Å²) in [5, 5.41) is 10.2. The highest BCUT2D eigenvalue weighted by Crippen LogP contribution is 2.26. The average Bonchev–Trinajstić information content (AvgIpc) is 2.67. The molecule has 2 rings (SSSR count). The number of aliphatic hydroxyl groups excluding tert-OH is 1. The Morgan fingerprint density at radius 3 is 1.96 bits per heavy atom. The van der Waals surface area contributed by atoms with Gasteiger partial charge in [-0.15, -0.1) is 12.3 Å². The van der Waals surface area contributed by atoms with Gasteiger partial charge in [0.05, 0.1) is 13.2 Å². The van der Waals surface area contributed by atoms with Gasteiger partial charge >= 0.3 is 5.97 Å². The summed E-state index contributed by atoms with van der Waals surface area (Å²) in [6.45, 7) is 2.51. The third-order valence-electron chi connectivity index (χ3n) is 4.35. The van der Waals surface area contributed by atoms with Gasteiger partial charge in [-0.1, -0.05) is 60.7 Å². The normalized spacial score (nSPS) is 13.0. The quantitative estimate of drug-likeness (QED) is 0.557. The van der Waals surface area contributed by atoms with E-state index in [4.69, 9.17) is 11.2 Å². The first-order chi connectivity index (χ1) is 12.7. The van der Waals surface area contributed by atoms with Crippen molar-refractivity contribution in [1.29, 1.82) is 0 Å². The SMILES string of the molecule is C#CC[C@@](CO)(C(=O)OCC)N(Cc1ccccc1)Cc1ccccc1. The second-order valence-corrected chi connectivity index (χ2v) is 6.12. The molecule has 0 radical (unpaired) electrons. The molecule has 1 atom stereocenters. The van der Waals surface area contributed by atoms with E-state index in [0.29, 0.717) is 13.1 Å². The lowest BCUT2D eigenvalue weighted by Gasteiger charge is -2.39. The standard InChI is InChI=1S/C22H25NO3/c1-3-15-22(18-24,21(25)26-4-2)23(16-19-11-7-5-8-12-19)17-20-13-9-6-10-14-20/h1,5-14,24H,4,15-18H2,2H3/t22-/m1/s1. The molecule has 0 unspecified atom stereocenters. The van der Waals surface area contributed by atoms with Crippen LogP contribution in [0.4, 0.5) is 0 Å². The first kappa shape index (κ1) is 19.7. The Kier molecular flexibility index (Phi) is 7.40. The van der Waals surface area contributed by atoms with Crippen LogP contribution in [0.5, 0.6) is 0 Å². The second kappa shape index (κ2) is 9.76. The topological polar surface area (TPSA) is 49.8 Å². The number of esters is 1. The van der Waals surface area contributed by atoms with Crippen molar-refractivity contribution < 1.29 is 14.6 Å². The van der Waals surface area contributed by atoms with Crippen LogP contribution in [0.25, 0.3) is 0 Å². The predicted octanol–water partition coefficient (Wildman–Crippen LogP) is 3.01. The van der Waals surface area contributed by atoms with Crippen LogP contribution in [0.2, 0.25) is 0 Å². The molecule has 0 aromatic heterocycles. The molecule has 2 aromatic rings. The largest absolute Gasteiger partial charge is 0.465 e. The van der Waals surface area contributed by atoms with Crippen molar-refractivity contribution >= 4 is 5.97 Å². The van der Waals surface area contributed by atoms with Crippen LogP contribution in [0, 0.1) is 12.3 Å². The van der Waals surface area contributed by atoms with Gasteiger partial charge in [0.15, 0.2) is 5.54 Å². The number of nitrogens with zero attached hydrogens (tertiary/aromatic N) is 1. The molecule has 2 aromatic carbocycles. The summed E-state index contributed by atoms with van der Waals surface area (Å²) in [6.07, 6.45) is 5.62. The van der Waals surface area contributed by atoms with E-state index in [-0.39, 0.29) is 13.0 Å². The molecule has 0 aliphatic carbocycles. The van der Waals surface area contributed by atoms with E-state index >= 15 is 0 Å². The molecule has 0 amide bonds. The van der Waals surface area contributed by atoms with E-state index < -0.39 is 18.1 Å². The highest BCUT2D eigenvalue weighted by atomic mass is 16.5. The molecule has 136 valence electrons. The minimum Gasteiger partial charge on any atom is -0.465 e. The Morgan fingerprint density at radius 2 is 1.58 bits per heavy atom. The highest BCUT2D eigenvalue weighted by molar-refractivity contribution is 5.81. The van der Waals surface area contributed by atoms with Crippen molar-refractivity contribution in [2.75, 3.05) is 13.2 Å². The van der Waals surface area contributed by atoms with E-state index in [1.165, 1.54) is 0 Å². The van der Waals surface area contributed by atoms with Crippen LogP contribution in [-0.4, -0.2) is 34.7 Å². The summed E-state index contributed by atoms with van der Waals surface area (Å²) >= 11 is 0. The Hall–Kier alpha value is -2.61. The van der Waals surface area contributed by atoms with Crippen LogP contribution >= 0.6 is 0 Å². The molecule has 0 aliphatic heterocycles. The van der Waals surface area contributed by atoms with Gasteiger partial charge in [-0.05, 0) is 18.1 Å². The fourth-order valence-corrected chi connectivity index (χ4v) is 2.93. The maximum Gasteiger partial charge on any atom is 0.329 e. The smallest absolute Gasteiger partial charge is 0.329 e. The zero-order chi connectivity index (χ0) is 18.8. The lowest BCUT2D eigenvalue weighted by atomic mass is 9.92. The van der Waals surface area contributed by atoms with Crippen LogP contribution in [0.1, 0.15) is 24.5 Å². The van der Waals surface area contributed by atoms with Gasteiger partial charge in [0.2, 0.25) is 0 Å². The molecule has 0 spiro atoms. The first-order valence-electron chi connectivity index (χ1n) is 8.70. The number of ether oxygens (including phenoxy) is 1. The van der Waals surface area contributed by atoms with E-state index in [9.17, 15) is 9.90 Å². The number of hydrogen-bond acceptors (Lipinski definition) is 4. The molecule has 1 N–H and O–H groups in total. The van der Waals surface area contributed by atoms with E-state index in [1.54, 1.807) is 6.92 Å². The summed E-state index contributed by atoms with van der Waals surface area (Å²) in [4.78, 5) is 14.7. The third kappa shape index (κ3) is 4.72. The number of hydrogen-bond donors (Lipinski definition) is 1. The van der Waals surface area contributed by atoms with Gasteiger partial charge in [0.1, 0.15) is 0 Å². The molecule has 0 bridgehead atoms. The number of carbonyl (C=O) groups is 1. The maximum absolute atomic E-state index is 12.8. The Morgan fingerprint density at radius 1 is 1.08 bits per heavy atom. The van der Waals surface area contributed by atoms with Gasteiger partial charge in [-0.2, -0.15) is 0 Å². The lowest BCUT2D eigenvalue weighted by molar-refractivity contribution is -0.162. The molecule has 0 saturated heterocycles. The highest BCUT2D eigenvalue weighted by Gasteiger charge is 2.44. The number of rotatable bonds is 9. The van der Waals surface area contributed by atoms with Crippen molar-refractivity contribution in [3.8, 4) is 12.3 Å².